The lowest BCUT2D eigenvalue weighted by Crippen LogP contribution is -2.52. The first-order valence-electron chi connectivity index (χ1n) is 6.42. The molecule has 1 saturated carbocycles. The number of halogens is 1. The third-order valence-electron chi connectivity index (χ3n) is 3.95. The van der Waals surface area contributed by atoms with Gasteiger partial charge in [-0.1, -0.05) is 0 Å². The highest BCUT2D eigenvalue weighted by Gasteiger charge is 2.35. The Labute approximate surface area is 114 Å². The van der Waals surface area contributed by atoms with Gasteiger partial charge in [0.25, 0.3) is 0 Å². The summed E-state index contributed by atoms with van der Waals surface area (Å²) >= 11 is 6.04. The largest absolute Gasteiger partial charge is 0.496 e. The second-order valence-electron chi connectivity index (χ2n) is 5.17. The number of alkyl halides is 1. The number of methoxy groups -OCH3 is 1. The van der Waals surface area contributed by atoms with Crippen LogP contribution in [0.2, 0.25) is 0 Å². The minimum Gasteiger partial charge on any atom is -0.496 e. The topological polar surface area (TPSA) is 34.1 Å². The maximum Gasteiger partial charge on any atom is 0.128 e. The number of nitrogens with one attached hydrogen (secondary N) is 1. The molecule has 0 spiro atoms. The summed E-state index contributed by atoms with van der Waals surface area (Å²) in [6.45, 7) is 4.83. The van der Waals surface area contributed by atoms with Gasteiger partial charge in [0.05, 0.1) is 12.8 Å². The first-order chi connectivity index (χ1) is 8.62. The van der Waals surface area contributed by atoms with E-state index in [0.717, 1.165) is 29.1 Å². The third-order valence-corrected chi connectivity index (χ3v) is 4.46. The Morgan fingerprint density at radius 1 is 1.44 bits per heavy atom. The Kier molecular flexibility index (Phi) is 4.13. The van der Waals surface area contributed by atoms with Crippen LogP contribution >= 0.6 is 11.6 Å². The second kappa shape index (κ2) is 5.45. The molecule has 1 aromatic heterocycles. The zero-order chi connectivity index (χ0) is 13.2. The molecule has 18 heavy (non-hydrogen) atoms. The molecular weight excluding hydrogens is 248 g/mol. The number of hydrogen-bond donors (Lipinski definition) is 1. The highest BCUT2D eigenvalue weighted by molar-refractivity contribution is 6.18. The molecule has 1 aliphatic rings. The lowest BCUT2D eigenvalue weighted by Gasteiger charge is -2.41. The van der Waals surface area contributed by atoms with Crippen LogP contribution < -0.4 is 10.1 Å². The van der Waals surface area contributed by atoms with Crippen LogP contribution in [-0.2, 0) is 6.54 Å². The van der Waals surface area contributed by atoms with E-state index in [4.69, 9.17) is 16.3 Å². The number of pyridine rings is 1. The summed E-state index contributed by atoms with van der Waals surface area (Å²) in [6, 6.07) is 0. The van der Waals surface area contributed by atoms with Crippen molar-refractivity contribution in [2.75, 3.05) is 13.0 Å². The van der Waals surface area contributed by atoms with E-state index in [1.165, 1.54) is 19.3 Å². The Balaban J connectivity index is 2.10. The lowest BCUT2D eigenvalue weighted by atomic mass is 9.78. The zero-order valence-corrected chi connectivity index (χ0v) is 12.1. The van der Waals surface area contributed by atoms with Crippen LogP contribution in [0.3, 0.4) is 0 Å². The predicted octanol–water partition coefficient (Wildman–Crippen LogP) is 2.96. The van der Waals surface area contributed by atoms with Crippen molar-refractivity contribution in [1.82, 2.24) is 10.3 Å². The highest BCUT2D eigenvalue weighted by Crippen LogP contribution is 2.33. The van der Waals surface area contributed by atoms with Gasteiger partial charge in [0.1, 0.15) is 5.75 Å². The minimum absolute atomic E-state index is 0.133. The van der Waals surface area contributed by atoms with E-state index in [2.05, 4.69) is 17.2 Å². The Morgan fingerprint density at radius 2 is 2.17 bits per heavy atom. The molecule has 0 unspecified atom stereocenters. The molecule has 0 radical (unpaired) electrons. The van der Waals surface area contributed by atoms with Crippen LogP contribution in [0.15, 0.2) is 6.20 Å². The number of aryl methyl sites for hydroxylation is 1. The maximum atomic E-state index is 6.04. The van der Waals surface area contributed by atoms with E-state index in [9.17, 15) is 0 Å². The summed E-state index contributed by atoms with van der Waals surface area (Å²) in [5, 5.41) is 3.56. The van der Waals surface area contributed by atoms with Crippen LogP contribution in [0.4, 0.5) is 0 Å². The molecule has 4 heteroatoms. The predicted molar refractivity (Wildman–Crippen MR) is 74.4 cm³/mol. The number of ether oxygens (including phenoxy) is 1. The van der Waals surface area contributed by atoms with Crippen molar-refractivity contribution in [3.63, 3.8) is 0 Å². The van der Waals surface area contributed by atoms with Gasteiger partial charge in [-0.2, -0.15) is 0 Å². The number of rotatable bonds is 5. The first kappa shape index (κ1) is 13.6. The summed E-state index contributed by atoms with van der Waals surface area (Å²) in [5.74, 6) is 1.62. The van der Waals surface area contributed by atoms with E-state index >= 15 is 0 Å². The van der Waals surface area contributed by atoms with Gasteiger partial charge >= 0.3 is 0 Å². The molecule has 0 aliphatic heterocycles. The fourth-order valence-corrected chi connectivity index (χ4v) is 2.84. The van der Waals surface area contributed by atoms with Crippen molar-refractivity contribution in [3.05, 3.63) is 23.0 Å². The molecule has 1 fully saturated rings. The van der Waals surface area contributed by atoms with Crippen LogP contribution in [0.25, 0.3) is 0 Å². The van der Waals surface area contributed by atoms with Crippen molar-refractivity contribution in [2.24, 2.45) is 0 Å². The first-order valence-corrected chi connectivity index (χ1v) is 6.95. The van der Waals surface area contributed by atoms with Gasteiger partial charge in [0.15, 0.2) is 0 Å². The van der Waals surface area contributed by atoms with Gasteiger partial charge in [0, 0.05) is 35.3 Å². The van der Waals surface area contributed by atoms with Crippen LogP contribution in [0.5, 0.6) is 5.75 Å². The average molecular weight is 269 g/mol. The average Bonchev–Trinajstić information content (AvgIpc) is 2.31. The number of aromatic nitrogens is 1. The van der Waals surface area contributed by atoms with Gasteiger partial charge in [-0.3, -0.25) is 4.98 Å². The summed E-state index contributed by atoms with van der Waals surface area (Å²) in [4.78, 5) is 4.50. The van der Waals surface area contributed by atoms with Crippen molar-refractivity contribution in [2.45, 2.75) is 45.2 Å². The molecule has 1 aromatic rings. The third kappa shape index (κ3) is 2.47. The van der Waals surface area contributed by atoms with E-state index in [-0.39, 0.29) is 5.54 Å². The van der Waals surface area contributed by atoms with Crippen molar-refractivity contribution < 1.29 is 4.74 Å². The van der Waals surface area contributed by atoms with Crippen LogP contribution in [0.1, 0.15) is 36.1 Å². The molecule has 3 nitrogen and oxygen atoms in total. The maximum absolute atomic E-state index is 6.04. The standard InChI is InChI=1S/C14H21ClN2O/c1-10-7-16-12(11(2)13(10)18-3)8-17-14(9-15)5-4-6-14/h7,17H,4-6,8-9H2,1-3H3. The molecular formula is C14H21ClN2O. The quantitative estimate of drug-likeness (QED) is 0.834. The molecule has 0 bridgehead atoms. The van der Waals surface area contributed by atoms with Gasteiger partial charge in [0.2, 0.25) is 0 Å². The number of hydrogen-bond acceptors (Lipinski definition) is 3. The SMILES string of the molecule is COc1c(C)cnc(CNC2(CCl)CCC2)c1C. The van der Waals surface area contributed by atoms with E-state index in [0.29, 0.717) is 5.88 Å². The summed E-state index contributed by atoms with van der Waals surface area (Å²) < 4.78 is 5.42. The monoisotopic (exact) mass is 268 g/mol. The van der Waals surface area contributed by atoms with Gasteiger partial charge in [-0.25, -0.2) is 0 Å². The zero-order valence-electron chi connectivity index (χ0n) is 11.3. The van der Waals surface area contributed by atoms with Crippen LogP contribution in [0, 0.1) is 13.8 Å². The lowest BCUT2D eigenvalue weighted by molar-refractivity contribution is 0.210. The van der Waals surface area contributed by atoms with E-state index in [1.807, 2.05) is 13.1 Å². The molecule has 0 atom stereocenters. The van der Waals surface area contributed by atoms with Gasteiger partial charge in [-0.15, -0.1) is 11.6 Å². The molecule has 0 amide bonds. The van der Waals surface area contributed by atoms with Crippen molar-refractivity contribution in [1.29, 1.82) is 0 Å². The highest BCUT2D eigenvalue weighted by atomic mass is 35.5. The van der Waals surface area contributed by atoms with E-state index in [1.54, 1.807) is 7.11 Å². The fourth-order valence-electron chi connectivity index (χ4n) is 2.48. The second-order valence-corrected chi connectivity index (χ2v) is 5.43. The molecule has 1 aliphatic carbocycles. The summed E-state index contributed by atoms with van der Waals surface area (Å²) in [7, 11) is 1.71. The number of nitrogens with zero attached hydrogens (tertiary/aromatic N) is 1. The van der Waals surface area contributed by atoms with Gasteiger partial charge < -0.3 is 10.1 Å². The summed E-state index contributed by atoms with van der Waals surface area (Å²) in [5.41, 5.74) is 3.38. The van der Waals surface area contributed by atoms with Crippen molar-refractivity contribution >= 4 is 11.6 Å². The molecule has 1 heterocycles. The molecule has 0 saturated heterocycles. The Bertz CT molecular complexity index is 425. The molecule has 1 N–H and O–H groups in total. The smallest absolute Gasteiger partial charge is 0.128 e. The Morgan fingerprint density at radius 3 is 2.67 bits per heavy atom. The fraction of sp³-hybridized carbons (Fsp3) is 0.643. The van der Waals surface area contributed by atoms with E-state index < -0.39 is 0 Å². The minimum atomic E-state index is 0.133. The molecule has 2 rings (SSSR count). The van der Waals surface area contributed by atoms with Crippen molar-refractivity contribution in [3.8, 4) is 5.75 Å². The molecule has 100 valence electrons. The Hall–Kier alpha value is -0.800. The normalized spacial score (nSPS) is 17.3. The molecule has 0 aromatic carbocycles. The van der Waals surface area contributed by atoms with Gasteiger partial charge in [-0.05, 0) is 33.1 Å². The van der Waals surface area contributed by atoms with Crippen LogP contribution in [-0.4, -0.2) is 23.5 Å². The summed E-state index contributed by atoms with van der Waals surface area (Å²) in [6.07, 6.45) is 5.47.